The van der Waals surface area contributed by atoms with Gasteiger partial charge in [-0.25, -0.2) is 0 Å². The zero-order chi connectivity index (χ0) is 20.6. The number of carbonyl (C=O) groups excluding carboxylic acids is 2. The monoisotopic (exact) mass is 420 g/mol. The fourth-order valence-corrected chi connectivity index (χ4v) is 4.26. The first-order valence-electron chi connectivity index (χ1n) is 10.8. The van der Waals surface area contributed by atoms with Crippen molar-refractivity contribution in [1.82, 2.24) is 20.0 Å². The fourth-order valence-electron chi connectivity index (χ4n) is 4.13. The lowest BCUT2D eigenvalue weighted by Crippen LogP contribution is -2.48. The minimum Gasteiger partial charge on any atom is -0.340 e. The summed E-state index contributed by atoms with van der Waals surface area (Å²) in [6, 6.07) is 7.56. The van der Waals surface area contributed by atoms with Crippen LogP contribution < -0.4 is 5.32 Å². The molecule has 1 aromatic rings. The summed E-state index contributed by atoms with van der Waals surface area (Å²) in [4.78, 5) is 31.9. The Bertz CT molecular complexity index is 676. The first-order valence-corrected chi connectivity index (χ1v) is 11.2. The predicted molar refractivity (Wildman–Crippen MR) is 116 cm³/mol. The number of hydrogen-bond donors (Lipinski definition) is 1. The van der Waals surface area contributed by atoms with E-state index in [4.69, 9.17) is 11.6 Å². The molecule has 0 saturated carbocycles. The number of halogens is 1. The van der Waals surface area contributed by atoms with Crippen molar-refractivity contribution in [3.05, 3.63) is 34.9 Å². The van der Waals surface area contributed by atoms with Gasteiger partial charge in [-0.05, 0) is 50.6 Å². The number of rotatable bonds is 7. The van der Waals surface area contributed by atoms with Crippen LogP contribution in [0.25, 0.3) is 0 Å². The van der Waals surface area contributed by atoms with E-state index in [1.165, 1.54) is 19.3 Å². The fraction of sp³-hybridized carbons (Fsp3) is 0.636. The summed E-state index contributed by atoms with van der Waals surface area (Å²) < 4.78 is 0. The van der Waals surface area contributed by atoms with Crippen LogP contribution >= 0.6 is 11.6 Å². The molecule has 0 spiro atoms. The standard InChI is InChI=1S/C22H33ClN4O2/c1-18-4-2-3-12-25(18)16-17-27(22(29)19-5-7-20(23)8-6-19)13-9-21(28)26-14-10-24-11-15-26/h5-8,18,24H,2-4,9-17H2,1H3/t18-/m0/s1. The Labute approximate surface area is 179 Å². The third kappa shape index (κ3) is 6.43. The van der Waals surface area contributed by atoms with Gasteiger partial charge < -0.3 is 15.1 Å². The van der Waals surface area contributed by atoms with E-state index in [1.807, 2.05) is 9.80 Å². The molecule has 2 heterocycles. The maximum absolute atomic E-state index is 13.1. The van der Waals surface area contributed by atoms with Gasteiger partial charge >= 0.3 is 0 Å². The van der Waals surface area contributed by atoms with Crippen LogP contribution in [0.3, 0.4) is 0 Å². The van der Waals surface area contributed by atoms with Gasteiger partial charge in [-0.3, -0.25) is 14.5 Å². The van der Waals surface area contributed by atoms with E-state index in [0.717, 1.165) is 39.3 Å². The van der Waals surface area contributed by atoms with E-state index >= 15 is 0 Å². The van der Waals surface area contributed by atoms with Crippen molar-refractivity contribution in [3.63, 3.8) is 0 Å². The Morgan fingerprint density at radius 3 is 2.52 bits per heavy atom. The van der Waals surface area contributed by atoms with Crippen molar-refractivity contribution < 1.29 is 9.59 Å². The molecular formula is C22H33ClN4O2. The van der Waals surface area contributed by atoms with E-state index in [9.17, 15) is 9.59 Å². The van der Waals surface area contributed by atoms with Crippen LogP contribution in [-0.2, 0) is 4.79 Å². The topological polar surface area (TPSA) is 55.9 Å². The molecule has 7 heteroatoms. The van der Waals surface area contributed by atoms with Gasteiger partial charge in [0.15, 0.2) is 0 Å². The summed E-state index contributed by atoms with van der Waals surface area (Å²) in [5.41, 5.74) is 0.621. The molecule has 2 amide bonds. The Hall–Kier alpha value is -1.63. The molecule has 0 bridgehead atoms. The van der Waals surface area contributed by atoms with Crippen molar-refractivity contribution in [3.8, 4) is 0 Å². The highest BCUT2D eigenvalue weighted by atomic mass is 35.5. The van der Waals surface area contributed by atoms with Gasteiger partial charge in [0, 0.05) is 68.9 Å². The average Bonchev–Trinajstić information content (AvgIpc) is 2.75. The molecule has 1 N–H and O–H groups in total. The van der Waals surface area contributed by atoms with E-state index in [-0.39, 0.29) is 11.8 Å². The van der Waals surface area contributed by atoms with E-state index in [1.54, 1.807) is 24.3 Å². The second-order valence-corrected chi connectivity index (χ2v) is 8.50. The Morgan fingerprint density at radius 2 is 1.83 bits per heavy atom. The molecule has 3 rings (SSSR count). The zero-order valence-electron chi connectivity index (χ0n) is 17.4. The first-order chi connectivity index (χ1) is 14.0. The molecule has 160 valence electrons. The van der Waals surface area contributed by atoms with Crippen LogP contribution in [0, 0.1) is 0 Å². The van der Waals surface area contributed by atoms with Crippen LogP contribution in [0.1, 0.15) is 43.0 Å². The molecule has 6 nitrogen and oxygen atoms in total. The average molecular weight is 421 g/mol. The molecule has 2 fully saturated rings. The molecule has 0 radical (unpaired) electrons. The van der Waals surface area contributed by atoms with Crippen molar-refractivity contribution in [2.24, 2.45) is 0 Å². The van der Waals surface area contributed by atoms with Crippen LogP contribution in [0.15, 0.2) is 24.3 Å². The molecule has 0 aliphatic carbocycles. The second-order valence-electron chi connectivity index (χ2n) is 8.06. The van der Waals surface area contributed by atoms with Crippen molar-refractivity contribution >= 4 is 23.4 Å². The van der Waals surface area contributed by atoms with E-state index in [2.05, 4.69) is 17.1 Å². The first kappa shape index (κ1) is 22.1. The quantitative estimate of drug-likeness (QED) is 0.736. The summed E-state index contributed by atoms with van der Waals surface area (Å²) in [5, 5.41) is 3.88. The van der Waals surface area contributed by atoms with Crippen LogP contribution in [0.2, 0.25) is 5.02 Å². The summed E-state index contributed by atoms with van der Waals surface area (Å²) in [5.74, 6) is 0.103. The van der Waals surface area contributed by atoms with Gasteiger partial charge in [0.05, 0.1) is 0 Å². The van der Waals surface area contributed by atoms with Gasteiger partial charge in [0.2, 0.25) is 5.91 Å². The minimum absolute atomic E-state index is 0.0283. The number of hydrogen-bond acceptors (Lipinski definition) is 4. The smallest absolute Gasteiger partial charge is 0.253 e. The molecule has 0 aromatic heterocycles. The van der Waals surface area contributed by atoms with Crippen LogP contribution in [0.5, 0.6) is 0 Å². The normalized spacial score (nSPS) is 20.5. The van der Waals surface area contributed by atoms with Gasteiger partial charge in [-0.2, -0.15) is 0 Å². The molecule has 1 atom stereocenters. The van der Waals surface area contributed by atoms with Crippen LogP contribution in [0.4, 0.5) is 0 Å². The molecule has 0 unspecified atom stereocenters. The van der Waals surface area contributed by atoms with Gasteiger partial charge in [-0.15, -0.1) is 0 Å². The number of nitrogens with zero attached hydrogens (tertiary/aromatic N) is 3. The van der Waals surface area contributed by atoms with E-state index in [0.29, 0.717) is 36.1 Å². The van der Waals surface area contributed by atoms with Gasteiger partial charge in [0.1, 0.15) is 0 Å². The number of nitrogens with one attached hydrogen (secondary N) is 1. The maximum atomic E-state index is 13.1. The molecule has 29 heavy (non-hydrogen) atoms. The lowest BCUT2D eigenvalue weighted by Gasteiger charge is -2.35. The second kappa shape index (κ2) is 11.0. The number of amides is 2. The summed E-state index contributed by atoms with van der Waals surface area (Å²) in [7, 11) is 0. The van der Waals surface area contributed by atoms with Crippen molar-refractivity contribution in [2.45, 2.75) is 38.6 Å². The number of benzene rings is 1. The molecular weight excluding hydrogens is 388 g/mol. The van der Waals surface area contributed by atoms with Crippen molar-refractivity contribution in [1.29, 1.82) is 0 Å². The highest BCUT2D eigenvalue weighted by Crippen LogP contribution is 2.17. The Kier molecular flexibility index (Phi) is 8.33. The Morgan fingerprint density at radius 1 is 1.10 bits per heavy atom. The predicted octanol–water partition coefficient (Wildman–Crippen LogP) is 2.48. The van der Waals surface area contributed by atoms with Gasteiger partial charge in [-0.1, -0.05) is 18.0 Å². The van der Waals surface area contributed by atoms with Gasteiger partial charge in [0.25, 0.3) is 5.91 Å². The van der Waals surface area contributed by atoms with Crippen LogP contribution in [-0.4, -0.2) is 84.9 Å². The minimum atomic E-state index is -0.0283. The Balaban J connectivity index is 1.62. The third-order valence-corrected chi connectivity index (χ3v) is 6.29. The maximum Gasteiger partial charge on any atom is 0.253 e. The molecule has 2 saturated heterocycles. The number of piperidine rings is 1. The van der Waals surface area contributed by atoms with Crippen molar-refractivity contribution in [2.75, 3.05) is 52.4 Å². The summed E-state index contributed by atoms with van der Waals surface area (Å²) in [6.07, 6.45) is 4.09. The number of carbonyl (C=O) groups is 2. The molecule has 2 aliphatic rings. The summed E-state index contributed by atoms with van der Waals surface area (Å²) >= 11 is 5.98. The highest BCUT2D eigenvalue weighted by Gasteiger charge is 2.23. The zero-order valence-corrected chi connectivity index (χ0v) is 18.2. The largest absolute Gasteiger partial charge is 0.340 e. The SMILES string of the molecule is C[C@H]1CCCCN1CCN(CCC(=O)N1CCNCC1)C(=O)c1ccc(Cl)cc1. The van der Waals surface area contributed by atoms with E-state index < -0.39 is 0 Å². The number of piperazine rings is 1. The number of likely N-dealkylation sites (tertiary alicyclic amines) is 1. The molecule has 2 aliphatic heterocycles. The third-order valence-electron chi connectivity index (χ3n) is 6.04. The lowest BCUT2D eigenvalue weighted by molar-refractivity contribution is -0.131. The molecule has 1 aromatic carbocycles. The summed E-state index contributed by atoms with van der Waals surface area (Å²) in [6.45, 7) is 8.46. The lowest BCUT2D eigenvalue weighted by atomic mass is 10.0. The highest BCUT2D eigenvalue weighted by molar-refractivity contribution is 6.30.